The molecule has 4 aromatic carbocycles. The predicted molar refractivity (Wildman–Crippen MR) is 157 cm³/mol. The number of ether oxygens (including phenoxy) is 1. The van der Waals surface area contributed by atoms with Crippen LogP contribution in [-0.4, -0.2) is 66.7 Å². The summed E-state index contributed by atoms with van der Waals surface area (Å²) in [6.45, 7) is 2.30. The molecule has 3 N–H and O–H groups in total. The van der Waals surface area contributed by atoms with Gasteiger partial charge in [-0.3, -0.25) is 0 Å². The molecular formula is C30H29ClNNaO6S. The summed E-state index contributed by atoms with van der Waals surface area (Å²) in [6, 6.07) is 26.1. The fraction of sp³-hybridized carbons (Fsp3) is 0.167. The zero-order valence-electron chi connectivity index (χ0n) is 21.1. The zero-order chi connectivity index (χ0) is 28.0. The Morgan fingerprint density at radius 3 is 2.27 bits per heavy atom. The second kappa shape index (κ2) is 14.3. The fourth-order valence-corrected chi connectivity index (χ4v) is 5.73. The molecule has 0 aliphatic rings. The van der Waals surface area contributed by atoms with Gasteiger partial charge in [0.25, 0.3) is 0 Å². The predicted octanol–water partition coefficient (Wildman–Crippen LogP) is 5.27. The molecule has 0 aromatic heterocycles. The molecule has 0 radical (unpaired) electrons. The number of aromatic carboxylic acids is 1. The summed E-state index contributed by atoms with van der Waals surface area (Å²) >= 11 is 5.99. The van der Waals surface area contributed by atoms with Gasteiger partial charge in [0.1, 0.15) is 11.5 Å². The van der Waals surface area contributed by atoms with Crippen LogP contribution in [0, 0.1) is 0 Å². The van der Waals surface area contributed by atoms with Crippen LogP contribution in [0.15, 0.2) is 107 Å². The van der Waals surface area contributed by atoms with E-state index >= 15 is 0 Å². The van der Waals surface area contributed by atoms with Gasteiger partial charge in [-0.05, 0) is 79.1 Å². The number of aliphatic hydroxyl groups excluding tert-OH is 1. The number of carboxylic acids is 1. The van der Waals surface area contributed by atoms with Crippen molar-refractivity contribution in [1.82, 2.24) is 5.32 Å². The molecule has 7 nitrogen and oxygen atoms in total. The second-order valence-corrected chi connectivity index (χ2v) is 11.5. The van der Waals surface area contributed by atoms with Gasteiger partial charge in [-0.15, -0.1) is 0 Å². The van der Waals surface area contributed by atoms with E-state index in [1.807, 2.05) is 19.1 Å². The Bertz CT molecular complexity index is 1550. The van der Waals surface area contributed by atoms with Crippen LogP contribution in [-0.2, 0) is 16.3 Å². The summed E-state index contributed by atoms with van der Waals surface area (Å²) in [5, 5.41) is 24.0. The molecule has 0 amide bonds. The summed E-state index contributed by atoms with van der Waals surface area (Å²) in [5.41, 5.74) is 1.23. The molecule has 4 rings (SSSR count). The van der Waals surface area contributed by atoms with E-state index in [1.54, 1.807) is 54.6 Å². The van der Waals surface area contributed by atoms with Crippen molar-refractivity contribution < 1.29 is 28.2 Å². The number of rotatable bonds is 11. The molecule has 0 aliphatic heterocycles. The van der Waals surface area contributed by atoms with E-state index in [9.17, 15) is 23.4 Å². The first-order valence-corrected chi connectivity index (χ1v) is 14.1. The summed E-state index contributed by atoms with van der Waals surface area (Å²) < 4.78 is 32.4. The molecule has 0 bridgehead atoms. The van der Waals surface area contributed by atoms with Crippen molar-refractivity contribution in [2.24, 2.45) is 0 Å². The molecular weight excluding hydrogens is 561 g/mol. The van der Waals surface area contributed by atoms with Gasteiger partial charge in [-0.2, -0.15) is 0 Å². The normalized spacial score (nSPS) is 12.7. The van der Waals surface area contributed by atoms with E-state index < -0.39 is 21.9 Å². The Morgan fingerprint density at radius 1 is 0.925 bits per heavy atom. The first-order valence-electron chi connectivity index (χ1n) is 12.2. The van der Waals surface area contributed by atoms with E-state index in [4.69, 9.17) is 16.3 Å². The third-order valence-corrected chi connectivity index (χ3v) is 8.18. The molecule has 40 heavy (non-hydrogen) atoms. The molecule has 0 heterocycles. The van der Waals surface area contributed by atoms with E-state index in [-0.39, 0.29) is 56.7 Å². The Labute approximate surface area is 261 Å². The minimum absolute atomic E-state index is 0. The Morgan fingerprint density at radius 2 is 1.62 bits per heavy atom. The van der Waals surface area contributed by atoms with Gasteiger partial charge in [-0.1, -0.05) is 54.1 Å². The van der Waals surface area contributed by atoms with Gasteiger partial charge >= 0.3 is 35.5 Å². The van der Waals surface area contributed by atoms with Crippen molar-refractivity contribution in [2.45, 2.75) is 35.3 Å². The van der Waals surface area contributed by atoms with Crippen LogP contribution in [0.2, 0.25) is 5.02 Å². The average molecular weight is 590 g/mol. The van der Waals surface area contributed by atoms with Crippen LogP contribution in [0.1, 0.15) is 34.5 Å². The number of carbonyl (C=O) groups is 1. The average Bonchev–Trinajstić information content (AvgIpc) is 2.92. The van der Waals surface area contributed by atoms with Gasteiger partial charge < -0.3 is 20.3 Å². The monoisotopic (exact) mass is 589 g/mol. The molecule has 2 atom stereocenters. The van der Waals surface area contributed by atoms with Crippen molar-refractivity contribution in [2.75, 3.05) is 6.54 Å². The second-order valence-electron chi connectivity index (χ2n) is 9.11. The number of hydrogen-bond donors (Lipinski definition) is 3. The first-order chi connectivity index (χ1) is 18.6. The maximum absolute atomic E-state index is 13.3. The van der Waals surface area contributed by atoms with Crippen LogP contribution >= 0.6 is 11.6 Å². The standard InChI is InChI=1S/C30H28ClNO6S.Na.H/c1-20(32-19-28(33)22-6-5-7-23(31)17-22)16-21-10-13-26(14-11-21)39(36,37)29-15-12-25(18-27(29)30(34)35)38-24-8-3-2-4-9-24;;/h2-15,17-18,20,28,32-33H,16,19H2,1H3,(H,34,35);;/t20-,28-;;/m1../s1. The zero-order valence-corrected chi connectivity index (χ0v) is 22.7. The van der Waals surface area contributed by atoms with Crippen LogP contribution < -0.4 is 10.1 Å². The van der Waals surface area contributed by atoms with Crippen molar-refractivity contribution in [1.29, 1.82) is 0 Å². The van der Waals surface area contributed by atoms with Crippen molar-refractivity contribution in [3.8, 4) is 11.5 Å². The van der Waals surface area contributed by atoms with Crippen LogP contribution in [0.4, 0.5) is 0 Å². The molecule has 10 heteroatoms. The van der Waals surface area contributed by atoms with Gasteiger partial charge in [0.2, 0.25) is 9.84 Å². The molecule has 0 aliphatic carbocycles. The number of halogens is 1. The summed E-state index contributed by atoms with van der Waals surface area (Å²) in [6.07, 6.45) is -0.124. The summed E-state index contributed by atoms with van der Waals surface area (Å²) in [7, 11) is -4.10. The number of carboxylic acid groups (broad SMARTS) is 1. The number of hydrogen-bond acceptors (Lipinski definition) is 6. The maximum atomic E-state index is 13.3. The number of sulfone groups is 1. The summed E-state index contributed by atoms with van der Waals surface area (Å²) in [5.74, 6) is -0.652. The number of aliphatic hydroxyl groups is 1. The molecule has 204 valence electrons. The van der Waals surface area contributed by atoms with Crippen LogP contribution in [0.3, 0.4) is 0 Å². The van der Waals surface area contributed by atoms with Gasteiger partial charge in [-0.25, -0.2) is 13.2 Å². The van der Waals surface area contributed by atoms with Crippen molar-refractivity contribution >= 4 is 57.0 Å². The quantitative estimate of drug-likeness (QED) is 0.204. The number of para-hydroxylation sites is 1. The third-order valence-electron chi connectivity index (χ3n) is 6.12. The third kappa shape index (κ3) is 8.17. The van der Waals surface area contributed by atoms with Gasteiger partial charge in [0, 0.05) is 17.6 Å². The van der Waals surface area contributed by atoms with Gasteiger partial charge in [0.05, 0.1) is 21.5 Å². The molecule has 0 unspecified atom stereocenters. The van der Waals surface area contributed by atoms with E-state index in [1.165, 1.54) is 30.3 Å². The van der Waals surface area contributed by atoms with E-state index in [0.29, 0.717) is 23.7 Å². The fourth-order valence-electron chi connectivity index (χ4n) is 4.10. The van der Waals surface area contributed by atoms with Crippen molar-refractivity contribution in [3.63, 3.8) is 0 Å². The van der Waals surface area contributed by atoms with Gasteiger partial charge in [0.15, 0.2) is 0 Å². The molecule has 0 saturated heterocycles. The SMILES string of the molecule is C[C@H](Cc1ccc(S(=O)(=O)c2ccc(Oc3ccccc3)cc2C(=O)O)cc1)NC[C@@H](O)c1cccc(Cl)c1.[NaH]. The molecule has 0 spiro atoms. The van der Waals surface area contributed by atoms with Crippen LogP contribution in [0.5, 0.6) is 11.5 Å². The number of benzene rings is 4. The van der Waals surface area contributed by atoms with Crippen molar-refractivity contribution in [3.05, 3.63) is 119 Å². The molecule has 0 saturated carbocycles. The molecule has 0 fully saturated rings. The molecule has 4 aromatic rings. The topological polar surface area (TPSA) is 113 Å². The first kappa shape index (κ1) is 31.8. The Kier molecular flexibility index (Phi) is 11.4. The van der Waals surface area contributed by atoms with Crippen LogP contribution in [0.25, 0.3) is 0 Å². The summed E-state index contributed by atoms with van der Waals surface area (Å²) in [4.78, 5) is 11.6. The Hall–Kier alpha value is -2.69. The minimum atomic E-state index is -4.10. The van der Waals surface area contributed by atoms with E-state index in [0.717, 1.165) is 11.1 Å². The number of nitrogens with one attached hydrogen (secondary N) is 1. The van der Waals surface area contributed by atoms with E-state index in [2.05, 4.69) is 5.32 Å². The Balaban J connectivity index is 0.00000441.